The average Bonchev–Trinajstić information content (AvgIpc) is 2.62. The van der Waals surface area contributed by atoms with Gasteiger partial charge in [0.05, 0.1) is 7.11 Å². The minimum Gasteiger partial charge on any atom is -0.497 e. The molecule has 2 N–H and O–H groups in total. The van der Waals surface area contributed by atoms with Gasteiger partial charge in [-0.1, -0.05) is 45.0 Å². The summed E-state index contributed by atoms with van der Waals surface area (Å²) in [5, 5.41) is 6.27. The van der Waals surface area contributed by atoms with Crippen molar-refractivity contribution in [1.29, 1.82) is 0 Å². The molecule has 2 rings (SSSR count). The van der Waals surface area contributed by atoms with Crippen molar-refractivity contribution in [3.8, 4) is 5.75 Å². The lowest BCUT2D eigenvalue weighted by atomic mass is 9.87. The van der Waals surface area contributed by atoms with Gasteiger partial charge in [-0.2, -0.15) is 0 Å². The third-order valence-electron chi connectivity index (χ3n) is 4.33. The number of anilines is 1. The van der Waals surface area contributed by atoms with Gasteiger partial charge < -0.3 is 15.4 Å². The van der Waals surface area contributed by atoms with Crippen LogP contribution in [-0.4, -0.2) is 26.1 Å². The van der Waals surface area contributed by atoms with Gasteiger partial charge in [0.15, 0.2) is 0 Å². The van der Waals surface area contributed by atoms with Gasteiger partial charge in [-0.05, 0) is 47.2 Å². The number of benzene rings is 2. The van der Waals surface area contributed by atoms with Crippen LogP contribution in [0, 0.1) is 0 Å². The third kappa shape index (κ3) is 6.43. The lowest BCUT2D eigenvalue weighted by Crippen LogP contribution is -2.27. The highest BCUT2D eigenvalue weighted by molar-refractivity contribution is 5.76. The van der Waals surface area contributed by atoms with E-state index in [2.05, 4.69) is 55.7 Å². The summed E-state index contributed by atoms with van der Waals surface area (Å²) in [6.07, 6.45) is 1.28. The minimum absolute atomic E-state index is 0.0670. The van der Waals surface area contributed by atoms with Crippen LogP contribution < -0.4 is 15.4 Å². The lowest BCUT2D eigenvalue weighted by molar-refractivity contribution is -0.120. The van der Waals surface area contributed by atoms with Crippen LogP contribution in [0.2, 0.25) is 0 Å². The minimum atomic E-state index is 0.0670. The van der Waals surface area contributed by atoms with Crippen molar-refractivity contribution in [3.63, 3.8) is 0 Å². The molecule has 2 aromatic carbocycles. The normalized spacial score (nSPS) is 11.1. The molecule has 2 aromatic rings. The van der Waals surface area contributed by atoms with Crippen molar-refractivity contribution in [3.05, 3.63) is 59.7 Å². The van der Waals surface area contributed by atoms with Crippen LogP contribution >= 0.6 is 0 Å². The van der Waals surface area contributed by atoms with Crippen LogP contribution in [0.1, 0.15) is 38.3 Å². The Balaban J connectivity index is 1.65. The molecule has 0 aliphatic rings. The van der Waals surface area contributed by atoms with Gasteiger partial charge in [0, 0.05) is 25.2 Å². The number of methoxy groups -OCH3 is 1. The fraction of sp³-hybridized carbons (Fsp3) is 0.409. The van der Waals surface area contributed by atoms with Crippen LogP contribution in [0.4, 0.5) is 5.69 Å². The highest BCUT2D eigenvalue weighted by Crippen LogP contribution is 2.23. The highest BCUT2D eigenvalue weighted by Gasteiger charge is 2.12. The Morgan fingerprint density at radius 3 is 2.19 bits per heavy atom. The van der Waals surface area contributed by atoms with Crippen molar-refractivity contribution in [2.75, 3.05) is 25.5 Å². The Bertz CT molecular complexity index is 686. The number of ether oxygens (including phenoxy) is 1. The number of carbonyl (C=O) groups is 1. The Hall–Kier alpha value is -2.49. The van der Waals surface area contributed by atoms with Gasteiger partial charge in [0.25, 0.3) is 0 Å². The predicted octanol–water partition coefficient (Wildman–Crippen LogP) is 4.15. The first-order chi connectivity index (χ1) is 12.4. The molecule has 0 saturated carbocycles. The second-order valence-electron chi connectivity index (χ2n) is 7.45. The second-order valence-corrected chi connectivity index (χ2v) is 7.45. The summed E-state index contributed by atoms with van der Waals surface area (Å²) in [5.74, 6) is 0.914. The molecule has 0 aliphatic heterocycles. The average molecular weight is 354 g/mol. The smallest absolute Gasteiger partial charge is 0.221 e. The second kappa shape index (κ2) is 9.27. The SMILES string of the molecule is COc1ccc(CCNC(=O)CCNc2ccc(C(C)(C)C)cc2)cc1. The van der Waals surface area contributed by atoms with Crippen LogP contribution in [0.15, 0.2) is 48.5 Å². The molecule has 1 amide bonds. The van der Waals surface area contributed by atoms with Crippen LogP contribution in [0.5, 0.6) is 5.75 Å². The maximum atomic E-state index is 11.9. The molecule has 4 nitrogen and oxygen atoms in total. The molecule has 0 bridgehead atoms. The summed E-state index contributed by atoms with van der Waals surface area (Å²) in [6, 6.07) is 16.3. The Morgan fingerprint density at radius 2 is 1.62 bits per heavy atom. The topological polar surface area (TPSA) is 50.4 Å². The summed E-state index contributed by atoms with van der Waals surface area (Å²) < 4.78 is 5.14. The van der Waals surface area contributed by atoms with E-state index in [9.17, 15) is 4.79 Å². The molecule has 0 heterocycles. The summed E-state index contributed by atoms with van der Waals surface area (Å²) in [7, 11) is 1.65. The zero-order valence-corrected chi connectivity index (χ0v) is 16.3. The number of carbonyl (C=O) groups excluding carboxylic acids is 1. The Kier molecular flexibility index (Phi) is 7.07. The molecule has 0 spiro atoms. The van der Waals surface area contributed by atoms with E-state index >= 15 is 0 Å². The van der Waals surface area contributed by atoms with E-state index in [4.69, 9.17) is 4.74 Å². The van der Waals surface area contributed by atoms with Gasteiger partial charge in [-0.15, -0.1) is 0 Å². The standard InChI is InChI=1S/C22H30N2O2/c1-22(2,3)18-7-9-19(10-8-18)23-16-14-21(25)24-15-13-17-5-11-20(26-4)12-6-17/h5-12,23H,13-16H2,1-4H3,(H,24,25). The largest absolute Gasteiger partial charge is 0.497 e. The molecule has 140 valence electrons. The maximum Gasteiger partial charge on any atom is 0.221 e. The molecule has 0 unspecified atom stereocenters. The first kappa shape index (κ1) is 19.8. The van der Waals surface area contributed by atoms with Crippen molar-refractivity contribution in [1.82, 2.24) is 5.32 Å². The Labute approximate surface area is 157 Å². The van der Waals surface area contributed by atoms with E-state index in [0.29, 0.717) is 19.5 Å². The van der Waals surface area contributed by atoms with Crippen LogP contribution in [-0.2, 0) is 16.6 Å². The molecule has 0 radical (unpaired) electrons. The van der Waals surface area contributed by atoms with Gasteiger partial charge in [-0.3, -0.25) is 4.79 Å². The van der Waals surface area contributed by atoms with Gasteiger partial charge >= 0.3 is 0 Å². The predicted molar refractivity (Wildman–Crippen MR) is 108 cm³/mol. The lowest BCUT2D eigenvalue weighted by Gasteiger charge is -2.19. The van der Waals surface area contributed by atoms with E-state index in [1.54, 1.807) is 7.11 Å². The van der Waals surface area contributed by atoms with E-state index in [0.717, 1.165) is 17.9 Å². The van der Waals surface area contributed by atoms with Crippen molar-refractivity contribution < 1.29 is 9.53 Å². The molecule has 4 heteroatoms. The first-order valence-corrected chi connectivity index (χ1v) is 9.12. The molecular weight excluding hydrogens is 324 g/mol. The number of hydrogen-bond acceptors (Lipinski definition) is 3. The summed E-state index contributed by atoms with van der Waals surface area (Å²) in [4.78, 5) is 11.9. The first-order valence-electron chi connectivity index (χ1n) is 9.12. The number of hydrogen-bond donors (Lipinski definition) is 2. The fourth-order valence-corrected chi connectivity index (χ4v) is 2.64. The summed E-state index contributed by atoms with van der Waals surface area (Å²) >= 11 is 0. The molecule has 0 fully saturated rings. The van der Waals surface area contributed by atoms with Crippen LogP contribution in [0.3, 0.4) is 0 Å². The van der Waals surface area contributed by atoms with Crippen molar-refractivity contribution in [2.24, 2.45) is 0 Å². The number of rotatable bonds is 8. The third-order valence-corrected chi connectivity index (χ3v) is 4.33. The molecule has 0 atom stereocenters. The molecular formula is C22H30N2O2. The monoisotopic (exact) mass is 354 g/mol. The van der Waals surface area contributed by atoms with E-state index < -0.39 is 0 Å². The zero-order chi connectivity index (χ0) is 19.0. The highest BCUT2D eigenvalue weighted by atomic mass is 16.5. The molecule has 0 aromatic heterocycles. The number of amides is 1. The molecule has 0 aliphatic carbocycles. The number of nitrogens with one attached hydrogen (secondary N) is 2. The van der Waals surface area contributed by atoms with Gasteiger partial charge in [0.1, 0.15) is 5.75 Å². The van der Waals surface area contributed by atoms with Gasteiger partial charge in [0.2, 0.25) is 5.91 Å². The van der Waals surface area contributed by atoms with E-state index in [1.807, 2.05) is 24.3 Å². The quantitative estimate of drug-likeness (QED) is 0.749. The van der Waals surface area contributed by atoms with Gasteiger partial charge in [-0.25, -0.2) is 0 Å². The summed E-state index contributed by atoms with van der Waals surface area (Å²) in [6.45, 7) is 7.87. The Morgan fingerprint density at radius 1 is 0.962 bits per heavy atom. The zero-order valence-electron chi connectivity index (χ0n) is 16.3. The van der Waals surface area contributed by atoms with Crippen molar-refractivity contribution >= 4 is 11.6 Å². The maximum absolute atomic E-state index is 11.9. The van der Waals surface area contributed by atoms with E-state index in [-0.39, 0.29) is 11.3 Å². The van der Waals surface area contributed by atoms with Crippen molar-refractivity contribution in [2.45, 2.75) is 39.0 Å². The molecule has 0 saturated heterocycles. The van der Waals surface area contributed by atoms with E-state index in [1.165, 1.54) is 11.1 Å². The summed E-state index contributed by atoms with van der Waals surface area (Å²) in [5.41, 5.74) is 3.69. The molecule has 26 heavy (non-hydrogen) atoms. The van der Waals surface area contributed by atoms with Crippen LogP contribution in [0.25, 0.3) is 0 Å². The fourth-order valence-electron chi connectivity index (χ4n) is 2.64.